The number of ether oxygens (including phenoxy) is 2. The molecule has 288 valence electrons. The Morgan fingerprint density at radius 2 is 1.49 bits per heavy atom. The molecule has 12 nitrogen and oxygen atoms in total. The molecule has 1 aromatic heterocycles. The average molecular weight is 746 g/mol. The maximum atomic E-state index is 14.0. The molecule has 0 unspecified atom stereocenters. The van der Waals surface area contributed by atoms with E-state index in [1.165, 1.54) is 25.7 Å². The summed E-state index contributed by atoms with van der Waals surface area (Å²) in [5.74, 6) is -0.916. The molecular weight excluding hydrogens is 695 g/mol. The van der Waals surface area contributed by atoms with Gasteiger partial charge in [0.1, 0.15) is 6.10 Å². The van der Waals surface area contributed by atoms with E-state index >= 15 is 0 Å². The molecule has 0 atom stereocenters. The number of amides is 3. The maximum Gasteiger partial charge on any atom is 0.316 e. The summed E-state index contributed by atoms with van der Waals surface area (Å²) in [6, 6.07) is 20.2. The van der Waals surface area contributed by atoms with Crippen LogP contribution in [0.4, 0.5) is 17.1 Å². The molecule has 3 aromatic carbocycles. The first kappa shape index (κ1) is 38.0. The number of nitrogens with zero attached hydrogens (tertiary/aromatic N) is 5. The quantitative estimate of drug-likeness (QED) is 0.162. The minimum Gasteiger partial charge on any atom is -0.460 e. The lowest BCUT2D eigenvalue weighted by Crippen LogP contribution is -2.41. The maximum absolute atomic E-state index is 14.0. The van der Waals surface area contributed by atoms with Crippen LogP contribution in [0, 0.1) is 0 Å². The summed E-state index contributed by atoms with van der Waals surface area (Å²) in [4.78, 5) is 56.1. The zero-order valence-electron chi connectivity index (χ0n) is 31.7. The SMILES string of the molecule is CN(CCN1CCOCC1)C(=O)c1cccc(C(=O)Nc2ccc(N3CCCCC3)cc2C(=O)Nc2ccc(-c3cnc(OC4CCCCC4)nc3)cc2)c1. The number of carbonyl (C=O) groups is 3. The molecule has 4 aromatic rings. The number of morpholine rings is 1. The van der Waals surface area contributed by atoms with Gasteiger partial charge in [0.25, 0.3) is 17.7 Å². The van der Waals surface area contributed by atoms with E-state index < -0.39 is 5.91 Å². The predicted octanol–water partition coefficient (Wildman–Crippen LogP) is 6.75. The molecule has 1 saturated carbocycles. The van der Waals surface area contributed by atoms with Gasteiger partial charge in [-0.25, -0.2) is 9.97 Å². The second kappa shape index (κ2) is 18.3. The number of benzene rings is 3. The van der Waals surface area contributed by atoms with E-state index in [1.54, 1.807) is 54.7 Å². The second-order valence-corrected chi connectivity index (χ2v) is 14.7. The molecule has 55 heavy (non-hydrogen) atoms. The van der Waals surface area contributed by atoms with E-state index in [2.05, 4.69) is 30.4 Å². The fourth-order valence-electron chi connectivity index (χ4n) is 7.41. The zero-order valence-corrected chi connectivity index (χ0v) is 31.7. The van der Waals surface area contributed by atoms with Gasteiger partial charge in [0.2, 0.25) is 0 Å². The number of hydrogen-bond donors (Lipinski definition) is 2. The fourth-order valence-corrected chi connectivity index (χ4v) is 7.41. The van der Waals surface area contributed by atoms with Crippen molar-refractivity contribution >= 4 is 34.8 Å². The largest absolute Gasteiger partial charge is 0.460 e. The Balaban J connectivity index is 1.03. The molecule has 3 heterocycles. The molecule has 3 aliphatic rings. The third-order valence-electron chi connectivity index (χ3n) is 10.7. The number of anilines is 3. The Kier molecular flexibility index (Phi) is 12.7. The molecule has 2 aliphatic heterocycles. The van der Waals surface area contributed by atoms with E-state index in [1.807, 2.05) is 36.4 Å². The highest BCUT2D eigenvalue weighted by atomic mass is 16.5. The van der Waals surface area contributed by atoms with E-state index in [0.29, 0.717) is 53.8 Å². The summed E-state index contributed by atoms with van der Waals surface area (Å²) in [5, 5.41) is 5.99. The third kappa shape index (κ3) is 10.1. The first-order chi connectivity index (χ1) is 26.9. The number of aromatic nitrogens is 2. The van der Waals surface area contributed by atoms with Crippen LogP contribution >= 0.6 is 0 Å². The van der Waals surface area contributed by atoms with Crippen LogP contribution in [0.1, 0.15) is 82.4 Å². The molecule has 2 saturated heterocycles. The number of likely N-dealkylation sites (N-methyl/N-ethyl adjacent to an activating group) is 1. The molecule has 12 heteroatoms. The Morgan fingerprint density at radius 3 is 2.24 bits per heavy atom. The number of hydrogen-bond acceptors (Lipinski definition) is 9. The fraction of sp³-hybridized carbons (Fsp3) is 0.419. The van der Waals surface area contributed by atoms with Gasteiger partial charge in [0, 0.05) is 86.8 Å². The lowest BCUT2D eigenvalue weighted by Gasteiger charge is -2.29. The molecule has 0 spiro atoms. The Labute approximate surface area is 323 Å². The van der Waals surface area contributed by atoms with Gasteiger partial charge in [-0.2, -0.15) is 0 Å². The standard InChI is InChI=1S/C43H51N7O5/c1-48(21-22-49-23-25-54-26-24-49)42(53)33-10-8-9-32(27-33)40(51)47-39-18-17-36(50-19-6-3-7-20-50)28-38(39)41(52)46-35-15-13-31(14-16-35)34-29-44-43(45-30-34)55-37-11-4-2-5-12-37/h8-10,13-18,27-30,37H,2-7,11-12,19-26H2,1H3,(H,46,52)(H,47,51). The highest BCUT2D eigenvalue weighted by Gasteiger charge is 2.21. The predicted molar refractivity (Wildman–Crippen MR) is 214 cm³/mol. The molecule has 3 fully saturated rings. The van der Waals surface area contributed by atoms with Gasteiger partial charge in [0.05, 0.1) is 24.5 Å². The topological polar surface area (TPSA) is 129 Å². The number of rotatable bonds is 12. The van der Waals surface area contributed by atoms with Gasteiger partial charge < -0.3 is 29.9 Å². The van der Waals surface area contributed by atoms with Crippen molar-refractivity contribution in [3.05, 3.63) is 95.8 Å². The van der Waals surface area contributed by atoms with Crippen molar-refractivity contribution in [3.8, 4) is 17.1 Å². The van der Waals surface area contributed by atoms with E-state index in [4.69, 9.17) is 9.47 Å². The van der Waals surface area contributed by atoms with Gasteiger partial charge in [-0.15, -0.1) is 0 Å². The molecule has 7 rings (SSSR count). The van der Waals surface area contributed by atoms with Crippen LogP contribution in [0.25, 0.3) is 11.1 Å². The monoisotopic (exact) mass is 745 g/mol. The van der Waals surface area contributed by atoms with Gasteiger partial charge in [-0.1, -0.05) is 24.6 Å². The van der Waals surface area contributed by atoms with E-state index in [9.17, 15) is 14.4 Å². The van der Waals surface area contributed by atoms with Crippen molar-refractivity contribution in [1.82, 2.24) is 19.8 Å². The van der Waals surface area contributed by atoms with Gasteiger partial charge >= 0.3 is 6.01 Å². The smallest absolute Gasteiger partial charge is 0.316 e. The van der Waals surface area contributed by atoms with Crippen molar-refractivity contribution < 1.29 is 23.9 Å². The number of piperidine rings is 1. The van der Waals surface area contributed by atoms with Crippen molar-refractivity contribution in [2.75, 3.05) is 75.1 Å². The summed E-state index contributed by atoms with van der Waals surface area (Å²) >= 11 is 0. The molecule has 0 radical (unpaired) electrons. The van der Waals surface area contributed by atoms with Gasteiger partial charge in [0.15, 0.2) is 0 Å². The van der Waals surface area contributed by atoms with Crippen molar-refractivity contribution in [2.24, 2.45) is 0 Å². The van der Waals surface area contributed by atoms with Crippen LogP contribution in [-0.4, -0.2) is 103 Å². The molecule has 2 N–H and O–H groups in total. The van der Waals surface area contributed by atoms with Crippen LogP contribution in [0.5, 0.6) is 6.01 Å². The zero-order chi connectivity index (χ0) is 38.0. The summed E-state index contributed by atoms with van der Waals surface area (Å²) in [6.45, 7) is 6.25. The average Bonchev–Trinajstić information content (AvgIpc) is 3.24. The van der Waals surface area contributed by atoms with Crippen molar-refractivity contribution in [2.45, 2.75) is 57.5 Å². The Bertz CT molecular complexity index is 1920. The summed E-state index contributed by atoms with van der Waals surface area (Å²) in [7, 11) is 1.77. The summed E-state index contributed by atoms with van der Waals surface area (Å²) in [6.07, 6.45) is 12.8. The third-order valence-corrected chi connectivity index (χ3v) is 10.7. The van der Waals surface area contributed by atoms with E-state index in [-0.39, 0.29) is 17.9 Å². The van der Waals surface area contributed by atoms with E-state index in [0.717, 1.165) is 75.2 Å². The van der Waals surface area contributed by atoms with Crippen LogP contribution in [0.3, 0.4) is 0 Å². The van der Waals surface area contributed by atoms with Crippen LogP contribution in [-0.2, 0) is 4.74 Å². The first-order valence-corrected chi connectivity index (χ1v) is 19.7. The lowest BCUT2D eigenvalue weighted by molar-refractivity contribution is 0.0338. The second-order valence-electron chi connectivity index (χ2n) is 14.7. The summed E-state index contributed by atoms with van der Waals surface area (Å²) in [5.41, 5.74) is 4.77. The number of carbonyl (C=O) groups excluding carboxylic acids is 3. The number of nitrogens with one attached hydrogen (secondary N) is 2. The van der Waals surface area contributed by atoms with Crippen LogP contribution in [0.15, 0.2) is 79.1 Å². The lowest BCUT2D eigenvalue weighted by atomic mass is 9.98. The molecular formula is C43H51N7O5. The first-order valence-electron chi connectivity index (χ1n) is 19.7. The Hall–Kier alpha value is -5.33. The van der Waals surface area contributed by atoms with Crippen molar-refractivity contribution in [1.29, 1.82) is 0 Å². The highest BCUT2D eigenvalue weighted by molar-refractivity contribution is 6.13. The minimum absolute atomic E-state index is 0.159. The minimum atomic E-state index is -0.410. The van der Waals surface area contributed by atoms with Crippen LogP contribution in [0.2, 0.25) is 0 Å². The van der Waals surface area contributed by atoms with Gasteiger partial charge in [-0.3, -0.25) is 19.3 Å². The molecule has 3 amide bonds. The molecule has 1 aliphatic carbocycles. The van der Waals surface area contributed by atoms with Crippen LogP contribution < -0.4 is 20.3 Å². The normalized spacial score (nSPS) is 16.6. The molecule has 0 bridgehead atoms. The van der Waals surface area contributed by atoms with Gasteiger partial charge in [-0.05, 0) is 99.0 Å². The Morgan fingerprint density at radius 1 is 0.782 bits per heavy atom. The van der Waals surface area contributed by atoms with Crippen molar-refractivity contribution in [3.63, 3.8) is 0 Å². The summed E-state index contributed by atoms with van der Waals surface area (Å²) < 4.78 is 11.4. The highest BCUT2D eigenvalue weighted by Crippen LogP contribution is 2.29.